The standard InChI is InChI=1S/C20H20FNO/c1-13(14-5-3-2-4-6-14)22-12-16-11-18(19(16)20(22)23)15-7-9-17(21)10-8-15/h2-10,13,16,18-19H,11-12H2,1H3/t13-,16+,18+,19-/m1/s1. The molecular weight excluding hydrogens is 289 g/mol. The number of benzene rings is 2. The first kappa shape index (κ1) is 14.4. The highest BCUT2D eigenvalue weighted by atomic mass is 19.1. The number of nitrogens with zero attached hydrogens (tertiary/aromatic N) is 1. The van der Waals surface area contributed by atoms with Gasteiger partial charge in [-0.25, -0.2) is 4.39 Å². The van der Waals surface area contributed by atoms with E-state index in [1.807, 2.05) is 35.2 Å². The van der Waals surface area contributed by atoms with Gasteiger partial charge in [0.25, 0.3) is 0 Å². The first-order chi connectivity index (χ1) is 11.1. The van der Waals surface area contributed by atoms with Crippen molar-refractivity contribution in [2.24, 2.45) is 11.8 Å². The maximum atomic E-state index is 13.1. The number of carbonyl (C=O) groups is 1. The molecule has 2 aliphatic rings. The summed E-state index contributed by atoms with van der Waals surface area (Å²) in [6, 6.07) is 16.9. The molecule has 0 aromatic heterocycles. The van der Waals surface area contributed by atoms with Gasteiger partial charge >= 0.3 is 0 Å². The Kier molecular flexibility index (Phi) is 3.44. The lowest BCUT2D eigenvalue weighted by atomic mass is 9.64. The molecule has 1 saturated heterocycles. The van der Waals surface area contributed by atoms with Crippen LogP contribution in [0, 0.1) is 17.7 Å². The average Bonchev–Trinajstić information content (AvgIpc) is 2.80. The summed E-state index contributed by atoms with van der Waals surface area (Å²) in [6.45, 7) is 2.95. The molecule has 1 aliphatic heterocycles. The molecule has 23 heavy (non-hydrogen) atoms. The summed E-state index contributed by atoms with van der Waals surface area (Å²) in [6.07, 6.45) is 1.03. The van der Waals surface area contributed by atoms with E-state index in [0.29, 0.717) is 5.92 Å². The first-order valence-electron chi connectivity index (χ1n) is 8.26. The Morgan fingerprint density at radius 3 is 2.48 bits per heavy atom. The van der Waals surface area contributed by atoms with E-state index in [9.17, 15) is 9.18 Å². The van der Waals surface area contributed by atoms with Crippen LogP contribution < -0.4 is 0 Å². The van der Waals surface area contributed by atoms with Crippen LogP contribution in [0.15, 0.2) is 54.6 Å². The van der Waals surface area contributed by atoms with Crippen LogP contribution in [0.5, 0.6) is 0 Å². The van der Waals surface area contributed by atoms with Crippen LogP contribution >= 0.6 is 0 Å². The third-order valence-electron chi connectivity index (χ3n) is 5.55. The predicted molar refractivity (Wildman–Crippen MR) is 87.3 cm³/mol. The normalized spacial score (nSPS) is 27.5. The van der Waals surface area contributed by atoms with Gasteiger partial charge in [-0.2, -0.15) is 0 Å². The summed E-state index contributed by atoms with van der Waals surface area (Å²) in [4.78, 5) is 14.9. The summed E-state index contributed by atoms with van der Waals surface area (Å²) >= 11 is 0. The van der Waals surface area contributed by atoms with Crippen LogP contribution in [-0.2, 0) is 4.79 Å². The lowest BCUT2D eigenvalue weighted by Crippen LogP contribution is -2.36. The van der Waals surface area contributed by atoms with E-state index in [-0.39, 0.29) is 29.6 Å². The summed E-state index contributed by atoms with van der Waals surface area (Å²) in [5.41, 5.74) is 2.27. The topological polar surface area (TPSA) is 20.3 Å². The van der Waals surface area contributed by atoms with Crippen molar-refractivity contribution < 1.29 is 9.18 Å². The van der Waals surface area contributed by atoms with Gasteiger partial charge in [0.15, 0.2) is 0 Å². The van der Waals surface area contributed by atoms with E-state index in [4.69, 9.17) is 0 Å². The summed E-state index contributed by atoms with van der Waals surface area (Å²) in [7, 11) is 0. The quantitative estimate of drug-likeness (QED) is 0.834. The molecule has 2 fully saturated rings. The van der Waals surface area contributed by atoms with Crippen LogP contribution in [0.2, 0.25) is 0 Å². The van der Waals surface area contributed by atoms with Gasteiger partial charge in [-0.15, -0.1) is 0 Å². The fraction of sp³-hybridized carbons (Fsp3) is 0.350. The Bertz CT molecular complexity index is 712. The molecule has 2 nitrogen and oxygen atoms in total. The molecule has 2 aromatic rings. The van der Waals surface area contributed by atoms with Gasteiger partial charge in [-0.05, 0) is 48.4 Å². The second-order valence-corrected chi connectivity index (χ2v) is 6.76. The first-order valence-corrected chi connectivity index (χ1v) is 8.26. The van der Waals surface area contributed by atoms with E-state index in [1.165, 1.54) is 17.7 Å². The number of halogens is 1. The van der Waals surface area contributed by atoms with Crippen LogP contribution in [0.25, 0.3) is 0 Å². The van der Waals surface area contributed by atoms with Crippen molar-refractivity contribution in [1.82, 2.24) is 4.90 Å². The monoisotopic (exact) mass is 309 g/mol. The van der Waals surface area contributed by atoms with Crippen molar-refractivity contribution >= 4 is 5.91 Å². The molecule has 2 aromatic carbocycles. The molecule has 0 N–H and O–H groups in total. The molecule has 4 atom stereocenters. The number of carbonyl (C=O) groups excluding carboxylic acids is 1. The van der Waals surface area contributed by atoms with Gasteiger partial charge in [0.05, 0.1) is 6.04 Å². The van der Waals surface area contributed by atoms with Crippen molar-refractivity contribution in [2.45, 2.75) is 25.3 Å². The maximum absolute atomic E-state index is 13.1. The molecule has 0 spiro atoms. The molecule has 0 radical (unpaired) electrons. The largest absolute Gasteiger partial charge is 0.335 e. The Morgan fingerprint density at radius 1 is 1.09 bits per heavy atom. The van der Waals surface area contributed by atoms with Gasteiger partial charge in [0, 0.05) is 12.5 Å². The number of fused-ring (bicyclic) bond motifs is 1. The van der Waals surface area contributed by atoms with Gasteiger partial charge < -0.3 is 4.90 Å². The smallest absolute Gasteiger partial charge is 0.227 e. The highest BCUT2D eigenvalue weighted by Gasteiger charge is 2.54. The molecular formula is C20H20FNO. The highest BCUT2D eigenvalue weighted by molar-refractivity contribution is 5.84. The number of amides is 1. The van der Waals surface area contributed by atoms with Gasteiger partial charge in [-0.1, -0.05) is 42.5 Å². The molecule has 1 saturated carbocycles. The zero-order valence-electron chi connectivity index (χ0n) is 13.2. The Balaban J connectivity index is 1.53. The van der Waals surface area contributed by atoms with Crippen molar-refractivity contribution in [3.63, 3.8) is 0 Å². The molecule has 4 rings (SSSR count). The number of hydrogen-bond donors (Lipinski definition) is 0. The number of hydrogen-bond acceptors (Lipinski definition) is 1. The SMILES string of the molecule is C[C@H](c1ccccc1)N1C[C@@H]2C[C@@H](c3ccc(F)cc3)[C@@H]2C1=O. The minimum Gasteiger partial charge on any atom is -0.335 e. The summed E-state index contributed by atoms with van der Waals surface area (Å²) in [5, 5.41) is 0. The van der Waals surface area contributed by atoms with Crippen molar-refractivity contribution in [3.8, 4) is 0 Å². The Hall–Kier alpha value is -2.16. The fourth-order valence-electron chi connectivity index (χ4n) is 4.16. The fourth-order valence-corrected chi connectivity index (χ4v) is 4.16. The van der Waals surface area contributed by atoms with E-state index in [0.717, 1.165) is 18.5 Å². The lowest BCUT2D eigenvalue weighted by Gasteiger charge is -2.38. The van der Waals surface area contributed by atoms with Crippen LogP contribution in [0.1, 0.15) is 36.4 Å². The van der Waals surface area contributed by atoms with E-state index < -0.39 is 0 Å². The van der Waals surface area contributed by atoms with Gasteiger partial charge in [-0.3, -0.25) is 4.79 Å². The molecule has 0 bridgehead atoms. The molecule has 1 amide bonds. The highest BCUT2D eigenvalue weighted by Crippen LogP contribution is 2.53. The van der Waals surface area contributed by atoms with Crippen molar-refractivity contribution in [2.75, 3.05) is 6.54 Å². The van der Waals surface area contributed by atoms with E-state index in [2.05, 4.69) is 19.1 Å². The number of rotatable bonds is 3. The molecule has 3 heteroatoms. The average molecular weight is 309 g/mol. The molecule has 1 aliphatic carbocycles. The molecule has 118 valence electrons. The maximum Gasteiger partial charge on any atom is 0.227 e. The van der Waals surface area contributed by atoms with Crippen LogP contribution in [0.3, 0.4) is 0 Å². The van der Waals surface area contributed by atoms with Crippen LogP contribution in [0.4, 0.5) is 4.39 Å². The van der Waals surface area contributed by atoms with Gasteiger partial charge in [0.1, 0.15) is 5.82 Å². The van der Waals surface area contributed by atoms with E-state index >= 15 is 0 Å². The predicted octanol–water partition coefficient (Wildman–Crippen LogP) is 4.15. The third-order valence-corrected chi connectivity index (χ3v) is 5.55. The second-order valence-electron chi connectivity index (χ2n) is 6.76. The third kappa shape index (κ3) is 2.35. The van der Waals surface area contributed by atoms with Crippen molar-refractivity contribution in [1.29, 1.82) is 0 Å². The number of likely N-dealkylation sites (tertiary alicyclic amines) is 1. The van der Waals surface area contributed by atoms with E-state index in [1.54, 1.807) is 0 Å². The second kappa shape index (κ2) is 5.48. The van der Waals surface area contributed by atoms with Crippen LogP contribution in [-0.4, -0.2) is 17.4 Å². The Morgan fingerprint density at radius 2 is 1.78 bits per heavy atom. The summed E-state index contributed by atoms with van der Waals surface area (Å²) in [5.74, 6) is 0.810. The zero-order valence-corrected chi connectivity index (χ0v) is 13.2. The minimum atomic E-state index is -0.221. The zero-order chi connectivity index (χ0) is 16.0. The minimum absolute atomic E-state index is 0.0756. The van der Waals surface area contributed by atoms with Gasteiger partial charge in [0.2, 0.25) is 5.91 Å². The van der Waals surface area contributed by atoms with Crippen molar-refractivity contribution in [3.05, 3.63) is 71.5 Å². The molecule has 0 unspecified atom stereocenters. The molecule has 1 heterocycles. The summed E-state index contributed by atoms with van der Waals surface area (Å²) < 4.78 is 13.1. The lowest BCUT2D eigenvalue weighted by molar-refractivity contribution is -0.135. The Labute approximate surface area is 135 Å².